The van der Waals surface area contributed by atoms with Crippen molar-refractivity contribution in [3.05, 3.63) is 71.3 Å². The topological polar surface area (TPSA) is 58.4 Å². The Balaban J connectivity index is 2.06. The van der Waals surface area contributed by atoms with Crippen LogP contribution >= 0.6 is 0 Å². The third-order valence-corrected chi connectivity index (χ3v) is 3.42. The van der Waals surface area contributed by atoms with Crippen molar-refractivity contribution >= 4 is 5.91 Å². The summed E-state index contributed by atoms with van der Waals surface area (Å²) < 4.78 is 0. The smallest absolute Gasteiger partial charge is 0.265 e. The predicted molar refractivity (Wildman–Crippen MR) is 84.3 cm³/mol. The van der Waals surface area contributed by atoms with Gasteiger partial charge in [0.05, 0.1) is 0 Å². The number of nitrogen functional groups attached to an aromatic ring is 1. The lowest BCUT2D eigenvalue weighted by molar-refractivity contribution is 0.0953. The molecule has 0 saturated heterocycles. The van der Waals surface area contributed by atoms with Crippen molar-refractivity contribution in [2.24, 2.45) is 5.84 Å². The number of amides is 1. The second-order valence-electron chi connectivity index (χ2n) is 4.96. The van der Waals surface area contributed by atoms with Crippen LogP contribution in [0.1, 0.15) is 28.4 Å². The van der Waals surface area contributed by atoms with Crippen molar-refractivity contribution in [1.29, 1.82) is 0 Å². The number of hydrogen-bond acceptors (Lipinski definition) is 3. The molecule has 1 amide bonds. The largest absolute Gasteiger partial charge is 0.295 e. The Hall–Kier alpha value is -2.17. The second-order valence-corrected chi connectivity index (χ2v) is 4.96. The summed E-state index contributed by atoms with van der Waals surface area (Å²) in [4.78, 5) is 13.9. The molecule has 0 fully saturated rings. The standard InChI is InChI=1S/C17H21N3O/c1-2-20(12-14-7-4-3-5-8-14)13-15-9-6-10-16(11-15)17(21)19-18/h3-11H,2,12-13,18H2,1H3,(H,19,21). The molecule has 4 heteroatoms. The molecule has 3 N–H and O–H groups in total. The van der Waals surface area contributed by atoms with Gasteiger partial charge < -0.3 is 0 Å². The van der Waals surface area contributed by atoms with Crippen LogP contribution in [0.5, 0.6) is 0 Å². The van der Waals surface area contributed by atoms with E-state index in [-0.39, 0.29) is 5.91 Å². The van der Waals surface area contributed by atoms with E-state index in [4.69, 9.17) is 5.84 Å². The quantitative estimate of drug-likeness (QED) is 0.486. The number of hydrazine groups is 1. The summed E-state index contributed by atoms with van der Waals surface area (Å²) in [6.07, 6.45) is 0. The number of carbonyl (C=O) groups excluding carboxylic acids is 1. The molecule has 2 aromatic carbocycles. The lowest BCUT2D eigenvalue weighted by Gasteiger charge is -2.21. The number of hydrogen-bond donors (Lipinski definition) is 2. The average molecular weight is 283 g/mol. The van der Waals surface area contributed by atoms with E-state index in [1.165, 1.54) is 5.56 Å². The lowest BCUT2D eigenvalue weighted by Crippen LogP contribution is -2.30. The third kappa shape index (κ3) is 4.41. The van der Waals surface area contributed by atoms with Gasteiger partial charge >= 0.3 is 0 Å². The highest BCUT2D eigenvalue weighted by Gasteiger charge is 2.08. The molecule has 0 aliphatic heterocycles. The number of nitrogens with two attached hydrogens (primary N) is 1. The highest BCUT2D eigenvalue weighted by atomic mass is 16.2. The van der Waals surface area contributed by atoms with E-state index in [0.717, 1.165) is 25.2 Å². The number of benzene rings is 2. The van der Waals surface area contributed by atoms with Gasteiger partial charge in [0.25, 0.3) is 5.91 Å². The summed E-state index contributed by atoms with van der Waals surface area (Å²) in [5.74, 6) is 4.91. The Morgan fingerprint density at radius 1 is 1.05 bits per heavy atom. The fraction of sp³-hybridized carbons (Fsp3) is 0.235. The van der Waals surface area contributed by atoms with Gasteiger partial charge in [-0.25, -0.2) is 5.84 Å². The lowest BCUT2D eigenvalue weighted by atomic mass is 10.1. The number of nitrogens with zero attached hydrogens (tertiary/aromatic N) is 1. The maximum absolute atomic E-state index is 11.6. The van der Waals surface area contributed by atoms with Gasteiger partial charge in [0.2, 0.25) is 0 Å². The molecule has 0 atom stereocenters. The normalized spacial score (nSPS) is 10.6. The van der Waals surface area contributed by atoms with Gasteiger partial charge in [0.1, 0.15) is 0 Å². The molecular weight excluding hydrogens is 262 g/mol. The van der Waals surface area contributed by atoms with Crippen LogP contribution in [0.25, 0.3) is 0 Å². The predicted octanol–water partition coefficient (Wildman–Crippen LogP) is 2.31. The first-order valence-corrected chi connectivity index (χ1v) is 7.09. The van der Waals surface area contributed by atoms with Gasteiger partial charge in [-0.1, -0.05) is 49.4 Å². The minimum absolute atomic E-state index is 0.261. The highest BCUT2D eigenvalue weighted by molar-refractivity contribution is 5.93. The van der Waals surface area contributed by atoms with Gasteiger partial charge in [-0.15, -0.1) is 0 Å². The molecule has 0 saturated carbocycles. The number of nitrogens with one attached hydrogen (secondary N) is 1. The highest BCUT2D eigenvalue weighted by Crippen LogP contribution is 2.11. The zero-order valence-corrected chi connectivity index (χ0v) is 12.3. The van der Waals surface area contributed by atoms with Crippen molar-refractivity contribution in [2.75, 3.05) is 6.54 Å². The summed E-state index contributed by atoms with van der Waals surface area (Å²) in [5, 5.41) is 0. The molecule has 0 radical (unpaired) electrons. The van der Waals surface area contributed by atoms with Crippen LogP contribution < -0.4 is 11.3 Å². The van der Waals surface area contributed by atoms with Crippen molar-refractivity contribution in [3.8, 4) is 0 Å². The molecular formula is C17H21N3O. The minimum atomic E-state index is -0.261. The maximum Gasteiger partial charge on any atom is 0.265 e. The van der Waals surface area contributed by atoms with Crippen LogP contribution in [0.15, 0.2) is 54.6 Å². The van der Waals surface area contributed by atoms with Gasteiger partial charge in [0.15, 0.2) is 0 Å². The van der Waals surface area contributed by atoms with Crippen molar-refractivity contribution < 1.29 is 4.79 Å². The van der Waals surface area contributed by atoms with E-state index in [1.54, 1.807) is 6.07 Å². The van der Waals surface area contributed by atoms with Gasteiger partial charge in [-0.2, -0.15) is 0 Å². The Kier molecular flexibility index (Phi) is 5.49. The monoisotopic (exact) mass is 283 g/mol. The summed E-state index contributed by atoms with van der Waals surface area (Å²) in [5.41, 5.74) is 5.14. The van der Waals surface area contributed by atoms with E-state index in [0.29, 0.717) is 5.56 Å². The molecule has 0 aromatic heterocycles. The van der Waals surface area contributed by atoms with E-state index in [1.807, 2.05) is 24.3 Å². The van der Waals surface area contributed by atoms with Gasteiger partial charge in [-0.05, 0) is 29.8 Å². The van der Waals surface area contributed by atoms with Crippen LogP contribution in [-0.2, 0) is 13.1 Å². The molecule has 2 rings (SSSR count). The number of rotatable bonds is 6. The fourth-order valence-corrected chi connectivity index (χ4v) is 2.27. The molecule has 0 spiro atoms. The first-order valence-electron chi connectivity index (χ1n) is 7.09. The summed E-state index contributed by atoms with van der Waals surface area (Å²) in [6, 6.07) is 17.9. The molecule has 0 unspecified atom stereocenters. The molecule has 110 valence electrons. The molecule has 4 nitrogen and oxygen atoms in total. The van der Waals surface area contributed by atoms with Crippen molar-refractivity contribution in [2.45, 2.75) is 20.0 Å². The summed E-state index contributed by atoms with van der Waals surface area (Å²) >= 11 is 0. The minimum Gasteiger partial charge on any atom is -0.295 e. The SMILES string of the molecule is CCN(Cc1ccccc1)Cc1cccc(C(=O)NN)c1. The zero-order valence-electron chi connectivity index (χ0n) is 12.3. The molecule has 0 bridgehead atoms. The first-order chi connectivity index (χ1) is 10.2. The van der Waals surface area contributed by atoms with Gasteiger partial charge in [0, 0.05) is 18.7 Å². The van der Waals surface area contributed by atoms with E-state index in [2.05, 4.69) is 41.5 Å². The van der Waals surface area contributed by atoms with Crippen LogP contribution in [0, 0.1) is 0 Å². The fourth-order valence-electron chi connectivity index (χ4n) is 2.27. The molecule has 0 aliphatic carbocycles. The Bertz CT molecular complexity index is 584. The third-order valence-electron chi connectivity index (χ3n) is 3.42. The molecule has 21 heavy (non-hydrogen) atoms. The molecule has 0 heterocycles. The molecule has 2 aromatic rings. The zero-order chi connectivity index (χ0) is 15.1. The van der Waals surface area contributed by atoms with E-state index in [9.17, 15) is 4.79 Å². The van der Waals surface area contributed by atoms with Crippen LogP contribution in [-0.4, -0.2) is 17.4 Å². The molecule has 0 aliphatic rings. The van der Waals surface area contributed by atoms with Crippen molar-refractivity contribution in [1.82, 2.24) is 10.3 Å². The summed E-state index contributed by atoms with van der Waals surface area (Å²) in [7, 11) is 0. The van der Waals surface area contributed by atoms with Gasteiger partial charge in [-0.3, -0.25) is 15.1 Å². The Morgan fingerprint density at radius 2 is 1.71 bits per heavy atom. The Labute approximate surface area is 125 Å². The summed E-state index contributed by atoms with van der Waals surface area (Å²) in [6.45, 7) is 4.78. The number of carbonyl (C=O) groups is 1. The first kappa shape index (κ1) is 15.2. The average Bonchev–Trinajstić information content (AvgIpc) is 2.54. The van der Waals surface area contributed by atoms with Crippen molar-refractivity contribution in [3.63, 3.8) is 0 Å². The van der Waals surface area contributed by atoms with E-state index >= 15 is 0 Å². The van der Waals surface area contributed by atoms with E-state index < -0.39 is 0 Å². The van der Waals surface area contributed by atoms with Crippen LogP contribution in [0.2, 0.25) is 0 Å². The second kappa shape index (κ2) is 7.57. The maximum atomic E-state index is 11.6. The van der Waals surface area contributed by atoms with Crippen LogP contribution in [0.3, 0.4) is 0 Å². The Morgan fingerprint density at radius 3 is 2.38 bits per heavy atom. The van der Waals surface area contributed by atoms with Crippen LogP contribution in [0.4, 0.5) is 0 Å².